The molecule has 1 aliphatic rings. The van der Waals surface area contributed by atoms with Gasteiger partial charge in [0.25, 0.3) is 0 Å². The zero-order chi connectivity index (χ0) is 12.3. The average Bonchev–Trinajstić information content (AvgIpc) is 2.38. The van der Waals surface area contributed by atoms with E-state index in [2.05, 4.69) is 11.8 Å². The fourth-order valence-corrected chi connectivity index (χ4v) is 3.39. The topological polar surface area (TPSA) is 23.5 Å². The van der Waals surface area contributed by atoms with E-state index in [0.29, 0.717) is 16.5 Å². The number of nitrogens with zero attached hydrogens (tertiary/aromatic N) is 1. The van der Waals surface area contributed by atoms with Gasteiger partial charge in [-0.2, -0.15) is 11.8 Å². The first-order valence-electron chi connectivity index (χ1n) is 6.01. The molecule has 2 rings (SSSR count). The Morgan fingerprint density at radius 2 is 2.35 bits per heavy atom. The third kappa shape index (κ3) is 2.75. The van der Waals surface area contributed by atoms with E-state index in [-0.39, 0.29) is 12.4 Å². The normalized spacial score (nSPS) is 20.6. The molecule has 1 N–H and O–H groups in total. The van der Waals surface area contributed by atoms with Crippen molar-refractivity contribution >= 4 is 17.4 Å². The third-order valence-corrected chi connectivity index (χ3v) is 4.52. The maximum Gasteiger partial charge on any atom is 0.146 e. The molecule has 0 radical (unpaired) electrons. The first-order chi connectivity index (χ1) is 8.26. The third-order valence-electron chi connectivity index (χ3n) is 3.15. The molecule has 2 nitrogen and oxygen atoms in total. The van der Waals surface area contributed by atoms with Crippen LogP contribution in [-0.4, -0.2) is 29.2 Å². The molecule has 0 amide bonds. The molecule has 1 heterocycles. The minimum absolute atomic E-state index is 0.104. The minimum atomic E-state index is -0.224. The standard InChI is InChI=1S/C13H18FNOS/c1-2-11-8-15(6-7-17-11)13-10(9-16)4-3-5-12(13)14/h3-5,11,16H,2,6-9H2,1H3. The number of para-hydroxylation sites is 1. The van der Waals surface area contributed by atoms with E-state index >= 15 is 0 Å². The Hall–Kier alpha value is -0.740. The predicted octanol–water partition coefficient (Wildman–Crippen LogP) is 2.65. The Labute approximate surface area is 106 Å². The lowest BCUT2D eigenvalue weighted by Crippen LogP contribution is -2.38. The molecule has 1 saturated heterocycles. The second-order valence-corrected chi connectivity index (χ2v) is 5.66. The molecule has 0 spiro atoms. The monoisotopic (exact) mass is 255 g/mol. The molecule has 1 aromatic carbocycles. The number of anilines is 1. The molecule has 94 valence electrons. The van der Waals surface area contributed by atoms with Gasteiger partial charge in [0.2, 0.25) is 0 Å². The molecule has 0 bridgehead atoms. The lowest BCUT2D eigenvalue weighted by atomic mass is 10.1. The lowest BCUT2D eigenvalue weighted by molar-refractivity contribution is 0.281. The zero-order valence-corrected chi connectivity index (χ0v) is 10.8. The summed E-state index contributed by atoms with van der Waals surface area (Å²) >= 11 is 1.95. The van der Waals surface area contributed by atoms with E-state index in [1.807, 2.05) is 11.8 Å². The van der Waals surface area contributed by atoms with E-state index in [1.54, 1.807) is 12.1 Å². The van der Waals surface area contributed by atoms with Crippen molar-refractivity contribution in [3.05, 3.63) is 29.6 Å². The van der Waals surface area contributed by atoms with Gasteiger partial charge < -0.3 is 10.0 Å². The summed E-state index contributed by atoms with van der Waals surface area (Å²) in [5.74, 6) is 0.802. The maximum absolute atomic E-state index is 13.9. The van der Waals surface area contributed by atoms with Crippen LogP contribution in [0.3, 0.4) is 0 Å². The quantitative estimate of drug-likeness (QED) is 0.898. The van der Waals surface area contributed by atoms with E-state index < -0.39 is 0 Å². The van der Waals surface area contributed by atoms with E-state index in [1.165, 1.54) is 6.07 Å². The van der Waals surface area contributed by atoms with Gasteiger partial charge in [-0.05, 0) is 12.5 Å². The number of aliphatic hydroxyl groups is 1. The number of thioether (sulfide) groups is 1. The summed E-state index contributed by atoms with van der Waals surface area (Å²) in [5, 5.41) is 9.86. The smallest absolute Gasteiger partial charge is 0.146 e. The fourth-order valence-electron chi connectivity index (χ4n) is 2.21. The van der Waals surface area contributed by atoms with Crippen molar-refractivity contribution in [2.24, 2.45) is 0 Å². The van der Waals surface area contributed by atoms with E-state index in [0.717, 1.165) is 25.3 Å². The van der Waals surface area contributed by atoms with Gasteiger partial charge in [0.05, 0.1) is 12.3 Å². The van der Waals surface area contributed by atoms with Crippen molar-refractivity contribution in [1.29, 1.82) is 0 Å². The molecule has 1 aliphatic heterocycles. The van der Waals surface area contributed by atoms with Crippen molar-refractivity contribution in [2.45, 2.75) is 25.2 Å². The van der Waals surface area contributed by atoms with Crippen LogP contribution in [0, 0.1) is 5.82 Å². The van der Waals surface area contributed by atoms with Crippen LogP contribution in [0.2, 0.25) is 0 Å². The van der Waals surface area contributed by atoms with Crippen LogP contribution in [0.15, 0.2) is 18.2 Å². The number of benzene rings is 1. The Morgan fingerprint density at radius 1 is 1.53 bits per heavy atom. The minimum Gasteiger partial charge on any atom is -0.392 e. The molecule has 1 atom stereocenters. The number of aliphatic hydroxyl groups excluding tert-OH is 1. The van der Waals surface area contributed by atoms with Crippen LogP contribution in [0.25, 0.3) is 0 Å². The molecule has 17 heavy (non-hydrogen) atoms. The summed E-state index contributed by atoms with van der Waals surface area (Å²) in [4.78, 5) is 2.07. The predicted molar refractivity (Wildman–Crippen MR) is 71.1 cm³/mol. The van der Waals surface area contributed by atoms with Gasteiger partial charge in [0.1, 0.15) is 5.82 Å². The highest BCUT2D eigenvalue weighted by Crippen LogP contribution is 2.30. The van der Waals surface area contributed by atoms with Gasteiger partial charge in [0, 0.05) is 29.7 Å². The van der Waals surface area contributed by atoms with Crippen LogP contribution < -0.4 is 4.90 Å². The van der Waals surface area contributed by atoms with Crippen molar-refractivity contribution < 1.29 is 9.50 Å². The molecule has 1 fully saturated rings. The van der Waals surface area contributed by atoms with Crippen LogP contribution in [0.5, 0.6) is 0 Å². The van der Waals surface area contributed by atoms with Gasteiger partial charge in [-0.1, -0.05) is 19.1 Å². The average molecular weight is 255 g/mol. The molecule has 0 aliphatic carbocycles. The number of hydrogen-bond acceptors (Lipinski definition) is 3. The summed E-state index contributed by atoms with van der Waals surface area (Å²) in [6, 6.07) is 4.92. The lowest BCUT2D eigenvalue weighted by Gasteiger charge is -2.34. The Kier molecular flexibility index (Phi) is 4.29. The van der Waals surface area contributed by atoms with Crippen molar-refractivity contribution in [2.75, 3.05) is 23.7 Å². The van der Waals surface area contributed by atoms with Gasteiger partial charge in [-0.3, -0.25) is 0 Å². The maximum atomic E-state index is 13.9. The molecular formula is C13H18FNOS. The van der Waals surface area contributed by atoms with E-state index in [9.17, 15) is 9.50 Å². The number of hydrogen-bond donors (Lipinski definition) is 1. The highest BCUT2D eigenvalue weighted by Gasteiger charge is 2.23. The Balaban J connectivity index is 2.26. The summed E-state index contributed by atoms with van der Waals surface area (Å²) in [7, 11) is 0. The highest BCUT2D eigenvalue weighted by molar-refractivity contribution is 8.00. The highest BCUT2D eigenvalue weighted by atomic mass is 32.2. The van der Waals surface area contributed by atoms with E-state index in [4.69, 9.17) is 0 Å². The Morgan fingerprint density at radius 3 is 3.06 bits per heavy atom. The summed E-state index contributed by atoms with van der Waals surface area (Å²) in [6.45, 7) is 3.78. The summed E-state index contributed by atoms with van der Waals surface area (Å²) in [5.41, 5.74) is 1.28. The second kappa shape index (κ2) is 5.74. The first-order valence-corrected chi connectivity index (χ1v) is 7.06. The fraction of sp³-hybridized carbons (Fsp3) is 0.538. The second-order valence-electron chi connectivity index (χ2n) is 4.25. The Bertz CT molecular complexity index is 386. The molecule has 0 aromatic heterocycles. The van der Waals surface area contributed by atoms with Crippen LogP contribution >= 0.6 is 11.8 Å². The molecule has 4 heteroatoms. The SMILES string of the molecule is CCC1CN(c2c(F)cccc2CO)CCS1. The number of halogens is 1. The molecule has 1 aromatic rings. The largest absolute Gasteiger partial charge is 0.392 e. The zero-order valence-electron chi connectivity index (χ0n) is 10.0. The number of rotatable bonds is 3. The van der Waals surface area contributed by atoms with Crippen LogP contribution in [0.4, 0.5) is 10.1 Å². The van der Waals surface area contributed by atoms with Crippen molar-refractivity contribution in [3.63, 3.8) is 0 Å². The first kappa shape index (κ1) is 12.7. The molecule has 1 unspecified atom stereocenters. The van der Waals surface area contributed by atoms with Gasteiger partial charge >= 0.3 is 0 Å². The van der Waals surface area contributed by atoms with Crippen LogP contribution in [0.1, 0.15) is 18.9 Å². The van der Waals surface area contributed by atoms with Gasteiger partial charge in [-0.25, -0.2) is 4.39 Å². The summed E-state index contributed by atoms with van der Waals surface area (Å²) in [6.07, 6.45) is 1.10. The van der Waals surface area contributed by atoms with Gasteiger partial charge in [-0.15, -0.1) is 0 Å². The summed E-state index contributed by atoms with van der Waals surface area (Å²) < 4.78 is 13.9. The van der Waals surface area contributed by atoms with Crippen molar-refractivity contribution in [3.8, 4) is 0 Å². The molecular weight excluding hydrogens is 237 g/mol. The molecule has 0 saturated carbocycles. The van der Waals surface area contributed by atoms with Crippen molar-refractivity contribution in [1.82, 2.24) is 0 Å². The van der Waals surface area contributed by atoms with Crippen LogP contribution in [-0.2, 0) is 6.61 Å². The van der Waals surface area contributed by atoms with Gasteiger partial charge in [0.15, 0.2) is 0 Å².